The third-order valence-electron chi connectivity index (χ3n) is 3.11. The summed E-state index contributed by atoms with van der Waals surface area (Å²) in [4.78, 5) is 10.4. The van der Waals surface area contributed by atoms with Crippen molar-refractivity contribution in [1.29, 1.82) is 5.26 Å². The van der Waals surface area contributed by atoms with Gasteiger partial charge in [0.15, 0.2) is 0 Å². The lowest BCUT2D eigenvalue weighted by Gasteiger charge is -2.09. The Hall–Kier alpha value is -2.96. The summed E-state index contributed by atoms with van der Waals surface area (Å²) in [5.41, 5.74) is 0.478. The molecule has 0 bridgehead atoms. The zero-order chi connectivity index (χ0) is 17.6. The topological polar surface area (TPSA) is 125 Å². The van der Waals surface area contributed by atoms with E-state index in [1.807, 2.05) is 6.07 Å². The van der Waals surface area contributed by atoms with Gasteiger partial charge in [-0.05, 0) is 24.3 Å². The van der Waals surface area contributed by atoms with Crippen LogP contribution in [0.3, 0.4) is 0 Å². The number of benzene rings is 2. The Balaban J connectivity index is 1.97. The number of rotatable bonds is 7. The number of nitrogens with zero attached hydrogens (tertiary/aromatic N) is 2. The molecule has 2 aromatic carbocycles. The molecule has 124 valence electrons. The molecule has 2 rings (SSSR count). The summed E-state index contributed by atoms with van der Waals surface area (Å²) in [5, 5.41) is 22.5. The van der Waals surface area contributed by atoms with Gasteiger partial charge in [-0.3, -0.25) is 10.1 Å². The molecule has 0 aliphatic carbocycles. The lowest BCUT2D eigenvalue weighted by Crippen LogP contribution is -2.29. The maximum absolute atomic E-state index is 12.1. The van der Waals surface area contributed by atoms with Crippen LogP contribution in [0.15, 0.2) is 53.4 Å². The van der Waals surface area contributed by atoms with Gasteiger partial charge in [0, 0.05) is 19.2 Å². The zero-order valence-electron chi connectivity index (χ0n) is 12.5. The molecule has 0 saturated carbocycles. The largest absolute Gasteiger partial charge is 0.378 e. The maximum Gasteiger partial charge on any atom is 0.292 e. The van der Waals surface area contributed by atoms with Crippen LogP contribution in [0.5, 0.6) is 0 Å². The molecular weight excluding hydrogens is 332 g/mol. The van der Waals surface area contributed by atoms with Crippen LogP contribution in [0.1, 0.15) is 5.56 Å². The van der Waals surface area contributed by atoms with Crippen molar-refractivity contribution in [2.75, 3.05) is 18.4 Å². The Morgan fingerprint density at radius 1 is 1.12 bits per heavy atom. The van der Waals surface area contributed by atoms with E-state index in [9.17, 15) is 18.5 Å². The zero-order valence-corrected chi connectivity index (χ0v) is 13.3. The van der Waals surface area contributed by atoms with Crippen molar-refractivity contribution in [3.8, 4) is 6.07 Å². The number of nitro groups is 1. The molecule has 0 amide bonds. The average Bonchev–Trinajstić information content (AvgIpc) is 2.59. The second-order valence-electron chi connectivity index (χ2n) is 4.74. The SMILES string of the molecule is N#Cc1cccc(S(=O)(=O)NCCNc2ccccc2[N+](=O)[O-])c1. The predicted octanol–water partition coefficient (Wildman–Crippen LogP) is 1.86. The van der Waals surface area contributed by atoms with Gasteiger partial charge in [0.2, 0.25) is 10.0 Å². The third-order valence-corrected chi connectivity index (χ3v) is 4.57. The summed E-state index contributed by atoms with van der Waals surface area (Å²) in [6, 6.07) is 13.6. The molecule has 9 heteroatoms. The molecule has 0 fully saturated rings. The van der Waals surface area contributed by atoms with Gasteiger partial charge in [-0.2, -0.15) is 5.26 Å². The van der Waals surface area contributed by atoms with Crippen LogP contribution in [0, 0.1) is 21.4 Å². The highest BCUT2D eigenvalue weighted by atomic mass is 32.2. The lowest BCUT2D eigenvalue weighted by molar-refractivity contribution is -0.384. The van der Waals surface area contributed by atoms with E-state index in [2.05, 4.69) is 10.0 Å². The van der Waals surface area contributed by atoms with Crippen molar-refractivity contribution in [1.82, 2.24) is 4.72 Å². The second-order valence-corrected chi connectivity index (χ2v) is 6.51. The molecule has 0 heterocycles. The minimum Gasteiger partial charge on any atom is -0.378 e. The predicted molar refractivity (Wildman–Crippen MR) is 87.9 cm³/mol. The fourth-order valence-electron chi connectivity index (χ4n) is 1.98. The first-order valence-electron chi connectivity index (χ1n) is 6.91. The molecule has 0 saturated heterocycles. The maximum atomic E-state index is 12.1. The van der Waals surface area contributed by atoms with Gasteiger partial charge < -0.3 is 5.32 Å². The summed E-state index contributed by atoms with van der Waals surface area (Å²) in [6.07, 6.45) is 0. The third kappa shape index (κ3) is 4.28. The quantitative estimate of drug-likeness (QED) is 0.448. The van der Waals surface area contributed by atoms with Crippen molar-refractivity contribution in [3.63, 3.8) is 0 Å². The number of nitrogens with one attached hydrogen (secondary N) is 2. The first kappa shape index (κ1) is 17.4. The Labute approximate surface area is 138 Å². The summed E-state index contributed by atoms with van der Waals surface area (Å²) in [5.74, 6) is 0. The Morgan fingerprint density at radius 2 is 1.88 bits per heavy atom. The highest BCUT2D eigenvalue weighted by Crippen LogP contribution is 2.22. The number of anilines is 1. The monoisotopic (exact) mass is 346 g/mol. The van der Waals surface area contributed by atoms with Crippen LogP contribution in [0.2, 0.25) is 0 Å². The minimum absolute atomic E-state index is 0.00718. The molecule has 0 aliphatic rings. The van der Waals surface area contributed by atoms with Gasteiger partial charge >= 0.3 is 0 Å². The first-order valence-corrected chi connectivity index (χ1v) is 8.39. The Kier molecular flexibility index (Phi) is 5.47. The van der Waals surface area contributed by atoms with Crippen LogP contribution in [-0.4, -0.2) is 26.4 Å². The number of para-hydroxylation sites is 2. The smallest absolute Gasteiger partial charge is 0.292 e. The fraction of sp³-hybridized carbons (Fsp3) is 0.133. The Morgan fingerprint density at radius 3 is 2.58 bits per heavy atom. The second kappa shape index (κ2) is 7.54. The van der Waals surface area contributed by atoms with Crippen LogP contribution < -0.4 is 10.0 Å². The van der Waals surface area contributed by atoms with E-state index in [1.54, 1.807) is 18.2 Å². The van der Waals surface area contributed by atoms with Gasteiger partial charge in [-0.25, -0.2) is 13.1 Å². The summed E-state index contributed by atoms with van der Waals surface area (Å²) >= 11 is 0. The molecule has 0 aliphatic heterocycles. The van der Waals surface area contributed by atoms with Crippen molar-refractivity contribution < 1.29 is 13.3 Å². The number of nitro benzene ring substituents is 1. The van der Waals surface area contributed by atoms with E-state index in [0.717, 1.165) is 0 Å². The number of hydrogen-bond acceptors (Lipinski definition) is 6. The van der Waals surface area contributed by atoms with Gasteiger partial charge in [0.1, 0.15) is 5.69 Å². The van der Waals surface area contributed by atoms with E-state index >= 15 is 0 Å². The van der Waals surface area contributed by atoms with E-state index in [0.29, 0.717) is 5.69 Å². The Bertz CT molecular complexity index is 890. The van der Waals surface area contributed by atoms with E-state index in [1.165, 1.54) is 30.3 Å². The minimum atomic E-state index is -3.75. The number of sulfonamides is 1. The molecule has 0 spiro atoms. The van der Waals surface area contributed by atoms with Crippen LogP contribution in [0.4, 0.5) is 11.4 Å². The molecular formula is C15H14N4O4S. The first-order chi connectivity index (χ1) is 11.4. The highest BCUT2D eigenvalue weighted by molar-refractivity contribution is 7.89. The molecule has 2 N–H and O–H groups in total. The van der Waals surface area contributed by atoms with E-state index in [-0.39, 0.29) is 29.2 Å². The molecule has 0 atom stereocenters. The van der Waals surface area contributed by atoms with Crippen LogP contribution in [0.25, 0.3) is 0 Å². The number of nitriles is 1. The van der Waals surface area contributed by atoms with Gasteiger partial charge in [-0.1, -0.05) is 18.2 Å². The summed E-state index contributed by atoms with van der Waals surface area (Å²) < 4.78 is 26.6. The van der Waals surface area contributed by atoms with Gasteiger partial charge in [-0.15, -0.1) is 0 Å². The van der Waals surface area contributed by atoms with Crippen LogP contribution >= 0.6 is 0 Å². The molecule has 2 aromatic rings. The van der Waals surface area contributed by atoms with Gasteiger partial charge in [0.05, 0.1) is 21.5 Å². The van der Waals surface area contributed by atoms with Crippen molar-refractivity contribution in [3.05, 3.63) is 64.2 Å². The molecule has 0 aromatic heterocycles. The fourth-order valence-corrected chi connectivity index (χ4v) is 3.06. The molecule has 8 nitrogen and oxygen atoms in total. The summed E-state index contributed by atoms with van der Waals surface area (Å²) in [6.45, 7) is 0.202. The summed E-state index contributed by atoms with van der Waals surface area (Å²) in [7, 11) is -3.75. The van der Waals surface area contributed by atoms with Crippen molar-refractivity contribution in [2.45, 2.75) is 4.90 Å². The van der Waals surface area contributed by atoms with Crippen molar-refractivity contribution in [2.24, 2.45) is 0 Å². The lowest BCUT2D eigenvalue weighted by atomic mass is 10.2. The highest BCUT2D eigenvalue weighted by Gasteiger charge is 2.15. The van der Waals surface area contributed by atoms with Gasteiger partial charge in [0.25, 0.3) is 5.69 Å². The van der Waals surface area contributed by atoms with Crippen molar-refractivity contribution >= 4 is 21.4 Å². The molecule has 0 radical (unpaired) electrons. The molecule has 0 unspecified atom stereocenters. The van der Waals surface area contributed by atoms with Crippen LogP contribution in [-0.2, 0) is 10.0 Å². The normalized spacial score (nSPS) is 10.8. The van der Waals surface area contributed by atoms with E-state index < -0.39 is 14.9 Å². The standard InChI is InChI=1S/C15H14N4O4S/c16-11-12-4-3-5-13(10-12)24(22,23)18-9-8-17-14-6-1-2-7-15(14)19(20)21/h1-7,10,17-18H,8-9H2. The average molecular weight is 346 g/mol. The number of hydrogen-bond donors (Lipinski definition) is 2. The molecule has 24 heavy (non-hydrogen) atoms. The van der Waals surface area contributed by atoms with E-state index in [4.69, 9.17) is 5.26 Å².